The molecule has 0 spiro atoms. The zero-order valence-corrected chi connectivity index (χ0v) is 19.3. The van der Waals surface area contributed by atoms with Gasteiger partial charge < -0.3 is 14.2 Å². The molecule has 2 aliphatic heterocycles. The first-order chi connectivity index (χ1) is 16.6. The van der Waals surface area contributed by atoms with Gasteiger partial charge in [0.05, 0.1) is 30.0 Å². The molecule has 3 aliphatic rings. The van der Waals surface area contributed by atoms with Crippen LogP contribution in [0.1, 0.15) is 66.9 Å². The number of piperidine rings is 1. The monoisotopic (exact) mass is 457 g/mol. The van der Waals surface area contributed by atoms with E-state index >= 15 is 0 Å². The third-order valence-corrected chi connectivity index (χ3v) is 7.68. The van der Waals surface area contributed by atoms with Gasteiger partial charge in [-0.05, 0) is 69.2 Å². The number of halogens is 1. The number of rotatable bonds is 6. The molecule has 174 valence electrons. The summed E-state index contributed by atoms with van der Waals surface area (Å²) in [7, 11) is 0. The van der Waals surface area contributed by atoms with Gasteiger partial charge in [0.25, 0.3) is 0 Å². The van der Waals surface area contributed by atoms with Crippen LogP contribution in [0, 0.1) is 24.1 Å². The van der Waals surface area contributed by atoms with Gasteiger partial charge in [-0.25, -0.2) is 4.39 Å². The minimum Gasteiger partial charge on any atom is -0.373 e. The van der Waals surface area contributed by atoms with Crippen LogP contribution >= 0.6 is 0 Å². The van der Waals surface area contributed by atoms with Gasteiger partial charge in [0.2, 0.25) is 0 Å². The van der Waals surface area contributed by atoms with Gasteiger partial charge in [0, 0.05) is 29.1 Å². The number of hydrogen-bond donors (Lipinski definition) is 0. The molecular formula is C28H28FN3O2. The zero-order chi connectivity index (χ0) is 23.2. The second-order valence-electron chi connectivity index (χ2n) is 9.94. The van der Waals surface area contributed by atoms with E-state index in [1.54, 1.807) is 12.1 Å². The van der Waals surface area contributed by atoms with Crippen LogP contribution < -0.4 is 4.90 Å². The fourth-order valence-corrected chi connectivity index (χ4v) is 5.82. The number of anilines is 1. The van der Waals surface area contributed by atoms with E-state index in [0.717, 1.165) is 61.1 Å². The summed E-state index contributed by atoms with van der Waals surface area (Å²) in [6.07, 6.45) is 6.25. The molecule has 3 fully saturated rings. The molecule has 0 N–H and O–H groups in total. The van der Waals surface area contributed by atoms with E-state index in [1.807, 2.05) is 18.2 Å². The Bertz CT molecular complexity index is 1240. The molecule has 0 radical (unpaired) electrons. The molecule has 2 aromatic carbocycles. The van der Waals surface area contributed by atoms with Crippen molar-refractivity contribution in [2.45, 2.75) is 76.2 Å². The van der Waals surface area contributed by atoms with Crippen molar-refractivity contribution >= 4 is 5.69 Å². The number of hydrogen-bond acceptors (Lipinski definition) is 5. The van der Waals surface area contributed by atoms with Crippen LogP contribution in [0.25, 0.3) is 11.3 Å². The van der Waals surface area contributed by atoms with E-state index in [2.05, 4.69) is 29.1 Å². The van der Waals surface area contributed by atoms with Crippen molar-refractivity contribution in [1.82, 2.24) is 5.16 Å². The van der Waals surface area contributed by atoms with Crippen LogP contribution in [0.3, 0.4) is 0 Å². The van der Waals surface area contributed by atoms with Crippen LogP contribution in [-0.4, -0.2) is 23.3 Å². The van der Waals surface area contributed by atoms with Gasteiger partial charge in [0.15, 0.2) is 0 Å². The van der Waals surface area contributed by atoms with Crippen molar-refractivity contribution < 1.29 is 13.7 Å². The van der Waals surface area contributed by atoms with Crippen LogP contribution in [0.5, 0.6) is 0 Å². The summed E-state index contributed by atoms with van der Waals surface area (Å²) in [6.45, 7) is 2.59. The summed E-state index contributed by atoms with van der Waals surface area (Å²) >= 11 is 0. The summed E-state index contributed by atoms with van der Waals surface area (Å²) < 4.78 is 27.1. The molecule has 3 aromatic rings. The molecule has 3 atom stereocenters. The minimum atomic E-state index is -0.309. The Morgan fingerprint density at radius 3 is 2.56 bits per heavy atom. The lowest BCUT2D eigenvalue weighted by Gasteiger charge is -2.40. The van der Waals surface area contributed by atoms with Crippen molar-refractivity contribution in [3.8, 4) is 17.3 Å². The van der Waals surface area contributed by atoms with Crippen molar-refractivity contribution in [1.29, 1.82) is 5.26 Å². The average Bonchev–Trinajstić information content (AvgIpc) is 3.55. The van der Waals surface area contributed by atoms with Crippen LogP contribution in [-0.2, 0) is 11.3 Å². The van der Waals surface area contributed by atoms with Gasteiger partial charge in [-0.1, -0.05) is 29.4 Å². The third kappa shape index (κ3) is 3.78. The molecule has 0 amide bonds. The first-order valence-electron chi connectivity index (χ1n) is 12.3. The number of benzene rings is 2. The van der Waals surface area contributed by atoms with Crippen LogP contribution in [0.4, 0.5) is 10.1 Å². The lowest BCUT2D eigenvalue weighted by Crippen LogP contribution is -2.46. The number of ether oxygens (including phenoxy) is 1. The number of aryl methyl sites for hydroxylation is 1. The lowest BCUT2D eigenvalue weighted by molar-refractivity contribution is 0.0146. The van der Waals surface area contributed by atoms with Crippen LogP contribution in [0.2, 0.25) is 0 Å². The largest absolute Gasteiger partial charge is 0.373 e. The zero-order valence-electron chi connectivity index (χ0n) is 19.3. The third-order valence-electron chi connectivity index (χ3n) is 7.68. The molecule has 5 nitrogen and oxygen atoms in total. The smallest absolute Gasteiger partial charge is 0.147 e. The summed E-state index contributed by atoms with van der Waals surface area (Å²) in [5.74, 6) is 1.14. The molecule has 1 aliphatic carbocycles. The predicted molar refractivity (Wildman–Crippen MR) is 127 cm³/mol. The topological polar surface area (TPSA) is 62.3 Å². The average molecular weight is 458 g/mol. The highest BCUT2D eigenvalue weighted by Crippen LogP contribution is 2.45. The SMILES string of the molecule is Cc1ccccc1-c1noc(C2CC2)c1COC1CC2CC[C@@H](C1)N2c1ccc(C#N)cc1F. The standard InChI is InChI=1S/C28H28FN3O2/c1-17-4-2-3-5-23(17)27-24(28(34-31-27)19-7-8-19)16-33-22-13-20-9-10-21(14-22)32(20)26-11-6-18(15-30)12-25(26)29/h2-6,11-12,19-22H,7-10,13-14,16H2,1H3/t20-,21?,22?/m0/s1. The molecule has 6 heteroatoms. The minimum absolute atomic E-state index is 0.127. The van der Waals surface area contributed by atoms with Crippen molar-refractivity contribution in [3.63, 3.8) is 0 Å². The molecule has 3 heterocycles. The van der Waals surface area contributed by atoms with Gasteiger partial charge in [-0.15, -0.1) is 0 Å². The maximum Gasteiger partial charge on any atom is 0.147 e. The maximum atomic E-state index is 14.7. The second-order valence-corrected chi connectivity index (χ2v) is 9.94. The Labute approximate surface area is 199 Å². The normalized spacial score (nSPS) is 23.8. The molecular weight excluding hydrogens is 429 g/mol. The van der Waals surface area contributed by atoms with Crippen molar-refractivity contribution in [2.75, 3.05) is 4.90 Å². The van der Waals surface area contributed by atoms with Gasteiger partial charge in [0.1, 0.15) is 17.3 Å². The summed E-state index contributed by atoms with van der Waals surface area (Å²) in [5, 5.41) is 13.5. The Balaban J connectivity index is 1.20. The predicted octanol–water partition coefficient (Wildman–Crippen LogP) is 6.25. The molecule has 2 unspecified atom stereocenters. The molecule has 6 rings (SSSR count). The summed E-state index contributed by atoms with van der Waals surface area (Å²) in [5.41, 5.74) is 5.24. The molecule has 2 bridgehead atoms. The van der Waals surface area contributed by atoms with E-state index in [9.17, 15) is 4.39 Å². The quantitative estimate of drug-likeness (QED) is 0.437. The van der Waals surface area contributed by atoms with E-state index in [-0.39, 0.29) is 24.0 Å². The first-order valence-corrected chi connectivity index (χ1v) is 12.3. The maximum absolute atomic E-state index is 14.7. The highest BCUT2D eigenvalue weighted by molar-refractivity contribution is 5.67. The Morgan fingerprint density at radius 1 is 1.12 bits per heavy atom. The fourth-order valence-electron chi connectivity index (χ4n) is 5.82. The Morgan fingerprint density at radius 2 is 1.88 bits per heavy atom. The first kappa shape index (κ1) is 21.4. The van der Waals surface area contributed by atoms with E-state index < -0.39 is 0 Å². The number of aromatic nitrogens is 1. The van der Waals surface area contributed by atoms with Crippen LogP contribution in [0.15, 0.2) is 47.0 Å². The highest BCUT2D eigenvalue weighted by atomic mass is 19.1. The van der Waals surface area contributed by atoms with Crippen molar-refractivity contribution in [2.24, 2.45) is 0 Å². The molecule has 2 saturated heterocycles. The van der Waals surface area contributed by atoms with Crippen molar-refractivity contribution in [3.05, 3.63) is 70.7 Å². The number of nitrogens with zero attached hydrogens (tertiary/aromatic N) is 3. The summed E-state index contributed by atoms with van der Waals surface area (Å²) in [6, 6.07) is 15.6. The highest BCUT2D eigenvalue weighted by Gasteiger charge is 2.42. The lowest BCUT2D eigenvalue weighted by atomic mass is 9.97. The van der Waals surface area contributed by atoms with E-state index in [4.69, 9.17) is 14.5 Å². The Hall–Kier alpha value is -3.17. The fraction of sp³-hybridized carbons (Fsp3) is 0.429. The number of fused-ring (bicyclic) bond motifs is 2. The van der Waals surface area contributed by atoms with Gasteiger partial charge in [-0.2, -0.15) is 5.26 Å². The van der Waals surface area contributed by atoms with E-state index in [1.165, 1.54) is 11.6 Å². The molecule has 34 heavy (non-hydrogen) atoms. The van der Waals surface area contributed by atoms with Gasteiger partial charge >= 0.3 is 0 Å². The summed E-state index contributed by atoms with van der Waals surface area (Å²) in [4.78, 5) is 2.23. The second kappa shape index (κ2) is 8.56. The van der Waals surface area contributed by atoms with E-state index in [0.29, 0.717) is 23.8 Å². The molecule has 1 aromatic heterocycles. The van der Waals surface area contributed by atoms with Gasteiger partial charge in [-0.3, -0.25) is 0 Å². The number of nitriles is 1. The Kier molecular flexibility index (Phi) is 5.38. The molecule has 1 saturated carbocycles.